The quantitative estimate of drug-likeness (QED) is 0.838. The number of benzene rings is 1. The van der Waals surface area contributed by atoms with Crippen molar-refractivity contribution in [1.82, 2.24) is 14.8 Å². The summed E-state index contributed by atoms with van der Waals surface area (Å²) in [5.74, 6) is 1.24. The van der Waals surface area contributed by atoms with Crippen LogP contribution in [0.1, 0.15) is 12.7 Å². The topological polar surface area (TPSA) is 60.2 Å². The van der Waals surface area contributed by atoms with Gasteiger partial charge in [-0.25, -0.2) is 0 Å². The van der Waals surface area contributed by atoms with Gasteiger partial charge in [-0.05, 0) is 19.1 Å². The molecule has 84 valence electrons. The number of aromatic nitrogens is 3. The Morgan fingerprint density at radius 2 is 2.19 bits per heavy atom. The van der Waals surface area contributed by atoms with Crippen molar-refractivity contribution in [2.45, 2.75) is 13.5 Å². The van der Waals surface area contributed by atoms with Crippen molar-refractivity contribution >= 4 is 0 Å². The standard InChI is InChI=1S/C11H13N3O2/c1-2-16-10-6-4-3-5-9(10)14-8-12-13-11(14)7-15/h3-6,8,15H,2,7H2,1H3. The average molecular weight is 219 g/mol. The first-order chi connectivity index (χ1) is 7.86. The maximum atomic E-state index is 9.13. The van der Waals surface area contributed by atoms with Gasteiger partial charge in [-0.2, -0.15) is 0 Å². The largest absolute Gasteiger partial charge is 0.492 e. The normalized spacial score (nSPS) is 10.4. The fraction of sp³-hybridized carbons (Fsp3) is 0.273. The summed E-state index contributed by atoms with van der Waals surface area (Å²) in [5, 5.41) is 16.7. The van der Waals surface area contributed by atoms with Crippen molar-refractivity contribution in [3.8, 4) is 11.4 Å². The van der Waals surface area contributed by atoms with Gasteiger partial charge in [0.15, 0.2) is 5.82 Å². The maximum absolute atomic E-state index is 9.13. The Morgan fingerprint density at radius 3 is 2.94 bits per heavy atom. The van der Waals surface area contributed by atoms with Gasteiger partial charge in [0, 0.05) is 0 Å². The number of aliphatic hydroxyl groups excluding tert-OH is 1. The highest BCUT2D eigenvalue weighted by Gasteiger charge is 2.09. The van der Waals surface area contributed by atoms with Gasteiger partial charge in [0.2, 0.25) is 0 Å². The fourth-order valence-corrected chi connectivity index (χ4v) is 1.50. The Bertz CT molecular complexity index is 468. The lowest BCUT2D eigenvalue weighted by atomic mass is 10.3. The molecule has 0 atom stereocenters. The van der Waals surface area contributed by atoms with Gasteiger partial charge in [-0.3, -0.25) is 4.57 Å². The molecular weight excluding hydrogens is 206 g/mol. The molecule has 1 aromatic heterocycles. The third-order valence-electron chi connectivity index (χ3n) is 2.18. The van der Waals surface area contributed by atoms with Crippen LogP contribution >= 0.6 is 0 Å². The second-order valence-electron chi connectivity index (χ2n) is 3.18. The lowest BCUT2D eigenvalue weighted by Gasteiger charge is -2.11. The summed E-state index contributed by atoms with van der Waals surface area (Å²) in [6, 6.07) is 7.57. The van der Waals surface area contributed by atoms with Gasteiger partial charge in [0.1, 0.15) is 18.7 Å². The summed E-state index contributed by atoms with van der Waals surface area (Å²) < 4.78 is 7.22. The Balaban J connectivity index is 2.46. The first-order valence-corrected chi connectivity index (χ1v) is 5.08. The molecule has 2 aromatic rings. The fourth-order valence-electron chi connectivity index (χ4n) is 1.50. The van der Waals surface area contributed by atoms with E-state index >= 15 is 0 Å². The van der Waals surface area contributed by atoms with Crippen molar-refractivity contribution in [2.24, 2.45) is 0 Å². The summed E-state index contributed by atoms with van der Waals surface area (Å²) in [6.07, 6.45) is 1.56. The van der Waals surface area contributed by atoms with E-state index in [0.29, 0.717) is 12.4 Å². The molecule has 0 spiro atoms. The van der Waals surface area contributed by atoms with E-state index in [1.54, 1.807) is 10.9 Å². The summed E-state index contributed by atoms with van der Waals surface area (Å²) >= 11 is 0. The minimum atomic E-state index is -0.152. The zero-order chi connectivity index (χ0) is 11.4. The highest BCUT2D eigenvalue weighted by atomic mass is 16.5. The summed E-state index contributed by atoms with van der Waals surface area (Å²) in [5.41, 5.74) is 0.832. The molecule has 0 aliphatic heterocycles. The van der Waals surface area contributed by atoms with Crippen LogP contribution in [0.2, 0.25) is 0 Å². The molecule has 0 amide bonds. The van der Waals surface area contributed by atoms with Gasteiger partial charge in [-0.15, -0.1) is 10.2 Å². The van der Waals surface area contributed by atoms with Crippen LogP contribution in [-0.2, 0) is 6.61 Å². The summed E-state index contributed by atoms with van der Waals surface area (Å²) in [6.45, 7) is 2.37. The molecule has 0 fully saturated rings. The maximum Gasteiger partial charge on any atom is 0.163 e. The molecule has 0 unspecified atom stereocenters. The van der Waals surface area contributed by atoms with E-state index in [9.17, 15) is 0 Å². The van der Waals surface area contributed by atoms with Crippen LogP contribution in [0, 0.1) is 0 Å². The molecule has 0 bridgehead atoms. The number of aliphatic hydroxyl groups is 1. The van der Waals surface area contributed by atoms with Crippen LogP contribution in [0.15, 0.2) is 30.6 Å². The smallest absolute Gasteiger partial charge is 0.163 e. The van der Waals surface area contributed by atoms with E-state index in [2.05, 4.69) is 10.2 Å². The third-order valence-corrected chi connectivity index (χ3v) is 2.18. The second-order valence-corrected chi connectivity index (χ2v) is 3.18. The van der Waals surface area contributed by atoms with Gasteiger partial charge in [0.25, 0.3) is 0 Å². The third kappa shape index (κ3) is 1.90. The van der Waals surface area contributed by atoms with Gasteiger partial charge in [-0.1, -0.05) is 12.1 Å². The monoisotopic (exact) mass is 219 g/mol. The molecule has 1 heterocycles. The Kier molecular flexibility index (Phi) is 3.16. The van der Waals surface area contributed by atoms with Crippen molar-refractivity contribution in [3.63, 3.8) is 0 Å². The van der Waals surface area contributed by atoms with Gasteiger partial charge < -0.3 is 9.84 Å². The summed E-state index contributed by atoms with van der Waals surface area (Å²) in [7, 11) is 0. The highest BCUT2D eigenvalue weighted by molar-refractivity contribution is 5.46. The lowest BCUT2D eigenvalue weighted by molar-refractivity contribution is 0.268. The second kappa shape index (κ2) is 4.76. The molecule has 0 radical (unpaired) electrons. The minimum absolute atomic E-state index is 0.152. The van der Waals surface area contributed by atoms with E-state index in [1.807, 2.05) is 31.2 Å². The van der Waals surface area contributed by atoms with Crippen LogP contribution in [0.25, 0.3) is 5.69 Å². The molecule has 0 saturated carbocycles. The van der Waals surface area contributed by atoms with Crippen molar-refractivity contribution in [3.05, 3.63) is 36.4 Å². The van der Waals surface area contributed by atoms with E-state index in [4.69, 9.17) is 9.84 Å². The zero-order valence-electron chi connectivity index (χ0n) is 9.00. The molecular formula is C11H13N3O2. The molecule has 5 nitrogen and oxygen atoms in total. The molecule has 0 saturated heterocycles. The number of nitrogens with zero attached hydrogens (tertiary/aromatic N) is 3. The molecule has 1 N–H and O–H groups in total. The minimum Gasteiger partial charge on any atom is -0.492 e. The first-order valence-electron chi connectivity index (χ1n) is 5.08. The summed E-state index contributed by atoms with van der Waals surface area (Å²) in [4.78, 5) is 0. The lowest BCUT2D eigenvalue weighted by Crippen LogP contribution is -2.03. The molecule has 5 heteroatoms. The average Bonchev–Trinajstić information content (AvgIpc) is 2.78. The zero-order valence-corrected chi connectivity index (χ0v) is 9.00. The number of rotatable bonds is 4. The van der Waals surface area contributed by atoms with Crippen LogP contribution in [0.5, 0.6) is 5.75 Å². The van der Waals surface area contributed by atoms with E-state index in [0.717, 1.165) is 11.4 Å². The first kappa shape index (κ1) is 10.6. The SMILES string of the molecule is CCOc1ccccc1-n1cnnc1CO. The number of hydrogen-bond donors (Lipinski definition) is 1. The molecule has 1 aromatic carbocycles. The van der Waals surface area contributed by atoms with Crippen molar-refractivity contribution in [1.29, 1.82) is 0 Å². The van der Waals surface area contributed by atoms with Crippen molar-refractivity contribution in [2.75, 3.05) is 6.61 Å². The van der Waals surface area contributed by atoms with E-state index in [-0.39, 0.29) is 6.61 Å². The van der Waals surface area contributed by atoms with Gasteiger partial charge >= 0.3 is 0 Å². The van der Waals surface area contributed by atoms with Crippen LogP contribution in [0.4, 0.5) is 0 Å². The van der Waals surface area contributed by atoms with E-state index in [1.165, 1.54) is 0 Å². The highest BCUT2D eigenvalue weighted by Crippen LogP contribution is 2.23. The molecule has 16 heavy (non-hydrogen) atoms. The number of para-hydroxylation sites is 2. The molecule has 0 aliphatic rings. The Morgan fingerprint density at radius 1 is 1.38 bits per heavy atom. The van der Waals surface area contributed by atoms with Crippen LogP contribution < -0.4 is 4.74 Å². The number of hydrogen-bond acceptors (Lipinski definition) is 4. The van der Waals surface area contributed by atoms with Gasteiger partial charge in [0.05, 0.1) is 12.3 Å². The predicted molar refractivity (Wildman–Crippen MR) is 58.5 cm³/mol. The van der Waals surface area contributed by atoms with Crippen LogP contribution in [-0.4, -0.2) is 26.5 Å². The predicted octanol–water partition coefficient (Wildman–Crippen LogP) is 1.16. The molecule has 2 rings (SSSR count). The molecule has 0 aliphatic carbocycles. The number of ether oxygens (including phenoxy) is 1. The van der Waals surface area contributed by atoms with Crippen LogP contribution in [0.3, 0.4) is 0 Å². The van der Waals surface area contributed by atoms with E-state index < -0.39 is 0 Å². The Hall–Kier alpha value is -1.88. The van der Waals surface area contributed by atoms with Crippen molar-refractivity contribution < 1.29 is 9.84 Å². The Labute approximate surface area is 93.3 Å².